The monoisotopic (exact) mass is 484 g/mol. The van der Waals surface area contributed by atoms with Gasteiger partial charge in [-0.15, -0.1) is 11.3 Å². The van der Waals surface area contributed by atoms with Crippen molar-refractivity contribution in [3.05, 3.63) is 11.1 Å². The van der Waals surface area contributed by atoms with Crippen molar-refractivity contribution in [3.63, 3.8) is 0 Å². The number of thiazole rings is 1. The fourth-order valence-corrected chi connectivity index (χ4v) is 3.52. The molecule has 0 atom stereocenters. The van der Waals surface area contributed by atoms with Crippen molar-refractivity contribution < 1.29 is 33.8 Å². The van der Waals surface area contributed by atoms with Gasteiger partial charge in [0.05, 0.1) is 0 Å². The highest BCUT2D eigenvalue weighted by Crippen LogP contribution is 2.30. The number of carbonyl (C=O) groups excluding carboxylic acids is 2. The molecule has 1 aromatic heterocycles. The van der Waals surface area contributed by atoms with Gasteiger partial charge in [-0.1, -0.05) is 5.16 Å². The first-order valence-electron chi connectivity index (χ1n) is 10.5. The number of hydrogen-bond acceptors (Lipinski definition) is 10. The summed E-state index contributed by atoms with van der Waals surface area (Å²) in [5, 5.41) is 17.5. The number of hydrogen-bond donors (Lipinski definition) is 2. The number of aromatic nitrogens is 1. The zero-order chi connectivity index (χ0) is 25.0. The highest BCUT2D eigenvalue weighted by atomic mass is 32.1. The summed E-state index contributed by atoms with van der Waals surface area (Å²) in [5.41, 5.74) is -3.37. The van der Waals surface area contributed by atoms with E-state index in [4.69, 9.17) is 14.3 Å². The van der Waals surface area contributed by atoms with Crippen LogP contribution < -0.4 is 5.32 Å². The van der Waals surface area contributed by atoms with Crippen molar-refractivity contribution in [1.29, 1.82) is 0 Å². The molecule has 33 heavy (non-hydrogen) atoms. The first kappa shape index (κ1) is 26.5. The van der Waals surface area contributed by atoms with E-state index in [1.165, 1.54) is 5.38 Å². The van der Waals surface area contributed by atoms with E-state index in [0.29, 0.717) is 13.1 Å². The van der Waals surface area contributed by atoms with Crippen LogP contribution in [0.15, 0.2) is 10.5 Å². The zero-order valence-electron chi connectivity index (χ0n) is 20.1. The molecule has 1 aliphatic rings. The number of aliphatic carboxylic acids is 1. The molecule has 1 saturated heterocycles. The molecule has 0 spiro atoms. The molecule has 0 unspecified atom stereocenters. The highest BCUT2D eigenvalue weighted by Gasteiger charge is 2.47. The predicted octanol–water partition coefficient (Wildman–Crippen LogP) is 3.10. The second-order valence-corrected chi connectivity index (χ2v) is 10.7. The van der Waals surface area contributed by atoms with Gasteiger partial charge < -0.3 is 24.3 Å². The Morgan fingerprint density at radius 2 is 1.70 bits per heavy atom. The number of carboxylic acid groups (broad SMARTS) is 1. The van der Waals surface area contributed by atoms with Gasteiger partial charge in [-0.25, -0.2) is 19.4 Å². The van der Waals surface area contributed by atoms with Crippen molar-refractivity contribution in [1.82, 2.24) is 9.88 Å². The quantitative estimate of drug-likeness (QED) is 0.354. The standard InChI is InChI=1S/C21H32N4O7S/c1-19(2,3)30-16(28)21(8-10-25(7)11-9-21)32-24-14(15(26)27)13-12-33-17(22-13)23-18(29)31-20(4,5)6/h12H,8-11H2,1-7H3,(H,26,27)(H,22,23,29)/b24-14-. The molecule has 0 bridgehead atoms. The summed E-state index contributed by atoms with van der Waals surface area (Å²) in [6.07, 6.45) is -0.141. The molecule has 2 N–H and O–H groups in total. The van der Waals surface area contributed by atoms with Crippen molar-refractivity contribution >= 4 is 40.2 Å². The van der Waals surface area contributed by atoms with Gasteiger partial charge in [-0.05, 0) is 48.6 Å². The Bertz CT molecular complexity index is 906. The van der Waals surface area contributed by atoms with Crippen molar-refractivity contribution in [2.45, 2.75) is 71.2 Å². The summed E-state index contributed by atoms with van der Waals surface area (Å²) in [6.45, 7) is 11.5. The lowest BCUT2D eigenvalue weighted by Crippen LogP contribution is -2.52. The maximum absolute atomic E-state index is 12.9. The van der Waals surface area contributed by atoms with Crippen LogP contribution >= 0.6 is 11.3 Å². The highest BCUT2D eigenvalue weighted by molar-refractivity contribution is 7.14. The summed E-state index contributed by atoms with van der Waals surface area (Å²) in [4.78, 5) is 48.5. The van der Waals surface area contributed by atoms with Gasteiger partial charge >= 0.3 is 18.0 Å². The Hall–Kier alpha value is -2.73. The molecule has 2 rings (SSSR count). The summed E-state index contributed by atoms with van der Waals surface area (Å²) >= 11 is 1.00. The Balaban J connectivity index is 2.25. The number of ether oxygens (including phenoxy) is 2. The van der Waals surface area contributed by atoms with Gasteiger partial charge in [0.15, 0.2) is 5.13 Å². The van der Waals surface area contributed by atoms with E-state index in [1.807, 2.05) is 11.9 Å². The smallest absolute Gasteiger partial charge is 0.413 e. The molecule has 12 heteroatoms. The molecule has 1 aromatic rings. The topological polar surface area (TPSA) is 140 Å². The van der Waals surface area contributed by atoms with Crippen LogP contribution in [0, 0.1) is 0 Å². The molecule has 1 aliphatic heterocycles. The van der Waals surface area contributed by atoms with Crippen molar-refractivity contribution in [2.75, 3.05) is 25.5 Å². The third-order valence-electron chi connectivity index (χ3n) is 4.43. The third-order valence-corrected chi connectivity index (χ3v) is 5.19. The number of carboxylic acids is 1. The summed E-state index contributed by atoms with van der Waals surface area (Å²) in [6, 6.07) is 0. The van der Waals surface area contributed by atoms with Gasteiger partial charge in [-0.2, -0.15) is 0 Å². The second-order valence-electron chi connectivity index (χ2n) is 9.80. The van der Waals surface area contributed by atoms with E-state index < -0.39 is 40.5 Å². The van der Waals surface area contributed by atoms with Crippen molar-refractivity contribution in [2.24, 2.45) is 5.16 Å². The minimum Gasteiger partial charge on any atom is -0.476 e. The Morgan fingerprint density at radius 1 is 1.12 bits per heavy atom. The molecule has 2 heterocycles. The normalized spacial score (nSPS) is 17.2. The van der Waals surface area contributed by atoms with Gasteiger partial charge in [-0.3, -0.25) is 5.32 Å². The number of esters is 1. The summed E-state index contributed by atoms with van der Waals surface area (Å²) in [5.74, 6) is -1.99. The van der Waals surface area contributed by atoms with Crippen LogP contribution in [-0.2, 0) is 23.9 Å². The van der Waals surface area contributed by atoms with Gasteiger partial charge in [0.25, 0.3) is 0 Å². The lowest BCUT2D eigenvalue weighted by Gasteiger charge is -2.37. The van der Waals surface area contributed by atoms with Crippen LogP contribution in [0.25, 0.3) is 0 Å². The van der Waals surface area contributed by atoms with E-state index in [9.17, 15) is 19.5 Å². The maximum Gasteiger partial charge on any atom is 0.413 e. The van der Waals surface area contributed by atoms with E-state index in [-0.39, 0.29) is 23.7 Å². The third kappa shape index (κ3) is 7.97. The maximum atomic E-state index is 12.9. The first-order valence-corrected chi connectivity index (χ1v) is 11.4. The number of nitrogens with zero attached hydrogens (tertiary/aromatic N) is 3. The Morgan fingerprint density at radius 3 is 2.21 bits per heavy atom. The van der Waals surface area contributed by atoms with Crippen LogP contribution in [0.2, 0.25) is 0 Å². The van der Waals surface area contributed by atoms with Crippen molar-refractivity contribution in [3.8, 4) is 0 Å². The van der Waals surface area contributed by atoms with E-state index >= 15 is 0 Å². The Kier molecular flexibility index (Phi) is 8.07. The number of nitrogens with one attached hydrogen (secondary N) is 1. The molecule has 0 radical (unpaired) electrons. The lowest BCUT2D eigenvalue weighted by atomic mass is 9.91. The van der Waals surface area contributed by atoms with Gasteiger partial charge in [0, 0.05) is 31.3 Å². The second kappa shape index (κ2) is 10.0. The van der Waals surface area contributed by atoms with Gasteiger partial charge in [0.1, 0.15) is 16.9 Å². The predicted molar refractivity (Wildman–Crippen MR) is 123 cm³/mol. The number of anilines is 1. The molecule has 1 fully saturated rings. The fourth-order valence-electron chi connectivity index (χ4n) is 2.84. The number of piperidine rings is 1. The van der Waals surface area contributed by atoms with Gasteiger partial charge in [0.2, 0.25) is 11.3 Å². The van der Waals surface area contributed by atoms with Crippen LogP contribution in [0.1, 0.15) is 60.1 Å². The molecule has 0 saturated carbocycles. The summed E-state index contributed by atoms with van der Waals surface area (Å²) < 4.78 is 10.7. The number of carbonyl (C=O) groups is 3. The molecule has 0 aromatic carbocycles. The Labute approximate surface area is 197 Å². The van der Waals surface area contributed by atoms with Crippen LogP contribution in [-0.4, -0.2) is 75.7 Å². The molecule has 0 aliphatic carbocycles. The minimum atomic E-state index is -1.41. The minimum absolute atomic E-state index is 0.0224. The number of oxime groups is 1. The molecular weight excluding hydrogens is 452 g/mol. The zero-order valence-corrected chi connectivity index (χ0v) is 20.9. The lowest BCUT2D eigenvalue weighted by molar-refractivity contribution is -0.190. The molecule has 1 amide bonds. The fraction of sp³-hybridized carbons (Fsp3) is 0.667. The average Bonchev–Trinajstić information content (AvgIpc) is 3.08. The van der Waals surface area contributed by atoms with Crippen LogP contribution in [0.5, 0.6) is 0 Å². The average molecular weight is 485 g/mol. The van der Waals surface area contributed by atoms with Crippen LogP contribution in [0.3, 0.4) is 0 Å². The first-order chi connectivity index (χ1) is 15.1. The SMILES string of the molecule is CN1CCC(O/N=C(\C(=O)O)c2csc(NC(=O)OC(C)(C)C)n2)(C(=O)OC(C)(C)C)CC1. The number of likely N-dealkylation sites (tertiary alicyclic amines) is 1. The van der Waals surface area contributed by atoms with E-state index in [1.54, 1.807) is 41.5 Å². The molecular formula is C21H32N4O7S. The molecule has 11 nitrogen and oxygen atoms in total. The largest absolute Gasteiger partial charge is 0.476 e. The number of rotatable bonds is 6. The number of amides is 1. The van der Waals surface area contributed by atoms with E-state index in [0.717, 1.165) is 11.3 Å². The van der Waals surface area contributed by atoms with Crippen LogP contribution in [0.4, 0.5) is 9.93 Å². The molecule has 184 valence electrons. The summed E-state index contributed by atoms with van der Waals surface area (Å²) in [7, 11) is 1.92. The van der Waals surface area contributed by atoms with E-state index in [2.05, 4.69) is 15.5 Å².